The fourth-order valence-electron chi connectivity index (χ4n) is 8.35. The molecule has 330 valence electrons. The summed E-state index contributed by atoms with van der Waals surface area (Å²) in [5.74, 6) is -0.0533. The maximum atomic E-state index is 14.6. The molecule has 5 heterocycles. The second-order valence-corrected chi connectivity index (χ2v) is 15.5. The van der Waals surface area contributed by atoms with Crippen LogP contribution in [0.5, 0.6) is 0 Å². The van der Waals surface area contributed by atoms with Crippen LogP contribution in [0.25, 0.3) is 33.9 Å². The van der Waals surface area contributed by atoms with Crippen molar-refractivity contribution in [2.75, 3.05) is 27.2 Å². The van der Waals surface area contributed by atoms with E-state index in [0.717, 1.165) is 11.3 Å². The Morgan fingerprint density at radius 2 is 1.34 bits per heavy atom. The molecule has 0 aliphatic carbocycles. The second kappa shape index (κ2) is 18.0. The number of amides is 4. The monoisotopic (exact) mass is 876 g/mol. The summed E-state index contributed by atoms with van der Waals surface area (Å²) in [5, 5.41) is 12.4. The number of imidazole rings is 2. The Balaban J connectivity index is 0.987. The van der Waals surface area contributed by atoms with Crippen LogP contribution >= 0.6 is 0 Å². The number of methoxy groups -OCH3 is 1. The molecule has 2 saturated heterocycles. The highest BCUT2D eigenvalue weighted by Gasteiger charge is 2.43. The summed E-state index contributed by atoms with van der Waals surface area (Å²) < 4.78 is 48.5. The molecule has 4 atom stereocenters. The summed E-state index contributed by atoms with van der Waals surface area (Å²) in [5.41, 5.74) is 1.52. The quantitative estimate of drug-likeness (QED) is 0.0998. The van der Waals surface area contributed by atoms with Gasteiger partial charge in [0.2, 0.25) is 0 Å². The van der Waals surface area contributed by atoms with Crippen molar-refractivity contribution in [3.8, 4) is 33.9 Å². The third kappa shape index (κ3) is 8.73. The summed E-state index contributed by atoms with van der Waals surface area (Å²) in [7, 11) is 2.51. The van der Waals surface area contributed by atoms with Crippen molar-refractivity contribution in [2.45, 2.75) is 56.0 Å². The van der Waals surface area contributed by atoms with E-state index in [1.54, 1.807) is 90.2 Å². The number of hydrogen-bond acceptors (Lipinski definition) is 9. The molecule has 19 heteroatoms. The number of nitrogens with one attached hydrogen (secondary N) is 3. The van der Waals surface area contributed by atoms with Crippen molar-refractivity contribution >= 4 is 24.0 Å². The van der Waals surface area contributed by atoms with Gasteiger partial charge in [-0.05, 0) is 36.8 Å². The molecule has 0 radical (unpaired) electrons. The molecule has 0 saturated carbocycles. The zero-order valence-electron chi connectivity index (χ0n) is 34.6. The molecular formula is C45H43F3N10O6. The standard InChI is InChI=1S/C45H43F3N10O6/c1-56(44(62)63)36(28-13-7-4-8-14-28)42(60)58-22-10-16-33(58)40-53-34(37(55-40)45(46,47)48)27-17-19-29(20-18-27)38-49-23-30(24-50-38)31-25-51-39(52-31)32-15-9-21-57(32)41(59)35(54-43(61)64-2)26-11-5-3-6-12-26/h3-8,11-14,17-20,23-25,32-33,35-36H,9-10,15-16,21-22H2,1-2H3,(H,51,52)(H,53,55)(H,54,61)(H,62,63)/t32?,33-,35-,36+/m0/s1. The van der Waals surface area contributed by atoms with Crippen LogP contribution < -0.4 is 5.32 Å². The number of carbonyl (C=O) groups excluding carboxylic acids is 3. The Morgan fingerprint density at radius 3 is 1.94 bits per heavy atom. The van der Waals surface area contributed by atoms with E-state index >= 15 is 0 Å². The first-order valence-corrected chi connectivity index (χ1v) is 20.5. The number of ether oxygens (including phenoxy) is 1. The number of H-pyrrole nitrogens is 2. The smallest absolute Gasteiger partial charge is 0.433 e. The number of benzene rings is 3. The molecule has 6 aromatic rings. The van der Waals surface area contributed by atoms with Gasteiger partial charge in [-0.1, -0.05) is 84.9 Å². The average molecular weight is 877 g/mol. The molecule has 2 fully saturated rings. The number of alkyl carbamates (subject to hydrolysis) is 1. The molecule has 8 rings (SSSR count). The molecule has 1 unspecified atom stereocenters. The Bertz CT molecular complexity index is 2620. The van der Waals surface area contributed by atoms with Crippen LogP contribution in [0.4, 0.5) is 22.8 Å². The van der Waals surface area contributed by atoms with Gasteiger partial charge in [-0.15, -0.1) is 0 Å². The number of hydrogen-bond donors (Lipinski definition) is 4. The Hall–Kier alpha value is -7.57. The van der Waals surface area contributed by atoms with Gasteiger partial charge in [0.25, 0.3) is 11.8 Å². The lowest BCUT2D eigenvalue weighted by atomic mass is 10.0. The molecule has 16 nitrogen and oxygen atoms in total. The molecule has 2 aliphatic heterocycles. The van der Waals surface area contributed by atoms with Crippen LogP contribution in [-0.2, 0) is 20.5 Å². The van der Waals surface area contributed by atoms with E-state index in [9.17, 15) is 37.5 Å². The summed E-state index contributed by atoms with van der Waals surface area (Å²) >= 11 is 0. The minimum atomic E-state index is -4.81. The number of carboxylic acid groups (broad SMARTS) is 1. The van der Waals surface area contributed by atoms with Crippen LogP contribution in [0.1, 0.15) is 78.3 Å². The zero-order valence-corrected chi connectivity index (χ0v) is 34.6. The van der Waals surface area contributed by atoms with Crippen molar-refractivity contribution in [3.05, 3.63) is 132 Å². The SMILES string of the molecule is COC(=O)N[C@H](C(=O)N1CCCC1c1ncc(-c2cnc(-c3ccc(-c4nc([C@@H]5CCCN5C(=O)[C@@H](c5ccccc5)N(C)C(=O)O)[nH]c4C(F)(F)F)cc3)nc2)[nH]1)c1ccccc1. The number of likely N-dealkylation sites (N-methyl/N-ethyl adjacent to an activating group) is 1. The molecule has 3 aromatic heterocycles. The third-order valence-electron chi connectivity index (χ3n) is 11.5. The second-order valence-electron chi connectivity index (χ2n) is 15.5. The van der Waals surface area contributed by atoms with Crippen LogP contribution in [0.3, 0.4) is 0 Å². The summed E-state index contributed by atoms with van der Waals surface area (Å²) in [6, 6.07) is 20.0. The number of alkyl halides is 3. The zero-order chi connectivity index (χ0) is 45.1. The normalized spacial score (nSPS) is 17.2. The molecule has 0 spiro atoms. The highest BCUT2D eigenvalue weighted by Crippen LogP contribution is 2.41. The van der Waals surface area contributed by atoms with Crippen molar-refractivity contribution in [1.29, 1.82) is 0 Å². The lowest BCUT2D eigenvalue weighted by molar-refractivity contribution is -0.140. The molecule has 64 heavy (non-hydrogen) atoms. The van der Waals surface area contributed by atoms with Crippen molar-refractivity contribution in [2.24, 2.45) is 0 Å². The van der Waals surface area contributed by atoms with Gasteiger partial charge in [0.05, 0.1) is 31.1 Å². The van der Waals surface area contributed by atoms with E-state index in [1.165, 1.54) is 31.2 Å². The van der Waals surface area contributed by atoms with Gasteiger partial charge in [-0.25, -0.2) is 29.5 Å². The Morgan fingerprint density at radius 1 is 0.766 bits per heavy atom. The van der Waals surface area contributed by atoms with E-state index in [1.807, 2.05) is 6.07 Å². The van der Waals surface area contributed by atoms with Gasteiger partial charge in [-0.3, -0.25) is 14.5 Å². The summed E-state index contributed by atoms with van der Waals surface area (Å²) in [6.45, 7) is 0.672. The fraction of sp³-hybridized carbons (Fsp3) is 0.289. The molecule has 4 N–H and O–H groups in total. The minimum absolute atomic E-state index is 0.0536. The largest absolute Gasteiger partial charge is 0.465 e. The predicted octanol–water partition coefficient (Wildman–Crippen LogP) is 7.72. The summed E-state index contributed by atoms with van der Waals surface area (Å²) in [4.78, 5) is 79.9. The van der Waals surface area contributed by atoms with Gasteiger partial charge in [-0.2, -0.15) is 13.2 Å². The Labute approximate surface area is 364 Å². The van der Waals surface area contributed by atoms with Crippen LogP contribution in [0, 0.1) is 0 Å². The van der Waals surface area contributed by atoms with Gasteiger partial charge in [0.15, 0.2) is 5.82 Å². The van der Waals surface area contributed by atoms with Crippen LogP contribution in [-0.4, -0.2) is 101 Å². The number of carbonyl (C=O) groups is 4. The highest BCUT2D eigenvalue weighted by molar-refractivity contribution is 5.88. The van der Waals surface area contributed by atoms with Gasteiger partial charge in [0.1, 0.15) is 35.1 Å². The summed E-state index contributed by atoms with van der Waals surface area (Å²) in [6.07, 6.45) is 0.101. The lowest BCUT2D eigenvalue weighted by Gasteiger charge is -2.32. The Kier molecular flexibility index (Phi) is 12.1. The number of likely N-dealkylation sites (tertiary alicyclic amines) is 2. The van der Waals surface area contributed by atoms with Crippen LogP contribution in [0.2, 0.25) is 0 Å². The minimum Gasteiger partial charge on any atom is -0.465 e. The highest BCUT2D eigenvalue weighted by atomic mass is 19.4. The van der Waals surface area contributed by atoms with Gasteiger partial charge in [0, 0.05) is 49.2 Å². The van der Waals surface area contributed by atoms with Gasteiger partial charge >= 0.3 is 18.4 Å². The van der Waals surface area contributed by atoms with E-state index in [2.05, 4.69) is 35.2 Å². The van der Waals surface area contributed by atoms with E-state index < -0.39 is 48.1 Å². The van der Waals surface area contributed by atoms with Crippen molar-refractivity contribution in [1.82, 2.24) is 49.9 Å². The first kappa shape index (κ1) is 43.1. The number of aromatic amines is 2. The number of halogens is 3. The first-order chi connectivity index (χ1) is 30.8. The van der Waals surface area contributed by atoms with Crippen LogP contribution in [0.15, 0.2) is 104 Å². The number of nitrogens with zero attached hydrogens (tertiary/aromatic N) is 7. The number of rotatable bonds is 11. The van der Waals surface area contributed by atoms with E-state index in [0.29, 0.717) is 65.4 Å². The lowest BCUT2D eigenvalue weighted by Crippen LogP contribution is -2.43. The topological polar surface area (TPSA) is 203 Å². The van der Waals surface area contributed by atoms with Crippen molar-refractivity contribution < 1.29 is 42.2 Å². The van der Waals surface area contributed by atoms with Crippen molar-refractivity contribution in [3.63, 3.8) is 0 Å². The average Bonchev–Trinajstić information content (AvgIpc) is 4.15. The molecule has 3 aromatic carbocycles. The first-order valence-electron chi connectivity index (χ1n) is 20.5. The van der Waals surface area contributed by atoms with Gasteiger partial charge < -0.3 is 34.9 Å². The molecule has 4 amide bonds. The molecule has 2 aliphatic rings. The van der Waals surface area contributed by atoms with E-state index in [-0.39, 0.29) is 35.6 Å². The fourth-order valence-corrected chi connectivity index (χ4v) is 8.35. The number of aromatic nitrogens is 6. The predicted molar refractivity (Wildman–Crippen MR) is 225 cm³/mol. The maximum absolute atomic E-state index is 14.6. The van der Waals surface area contributed by atoms with E-state index in [4.69, 9.17) is 4.74 Å². The maximum Gasteiger partial charge on any atom is 0.433 e. The third-order valence-corrected chi connectivity index (χ3v) is 11.5. The molecule has 0 bridgehead atoms. The molecular weight excluding hydrogens is 834 g/mol.